The fourth-order valence-corrected chi connectivity index (χ4v) is 3.87. The zero-order chi connectivity index (χ0) is 17.1. The molecule has 26 heavy (non-hydrogen) atoms. The third-order valence-electron chi connectivity index (χ3n) is 5.19. The van der Waals surface area contributed by atoms with Gasteiger partial charge in [-0.1, -0.05) is 30.3 Å². The number of fused-ring (bicyclic) bond motifs is 6. The minimum Gasteiger partial charge on any atom is -0.455 e. The minimum atomic E-state index is 0.649. The van der Waals surface area contributed by atoms with Crippen LogP contribution in [-0.4, -0.2) is 18.6 Å². The molecule has 3 nitrogen and oxygen atoms in total. The van der Waals surface area contributed by atoms with Crippen LogP contribution in [0.15, 0.2) is 81.1 Å². The molecular weight excluding hydrogens is 320 g/mol. The van der Waals surface area contributed by atoms with Gasteiger partial charge in [0.15, 0.2) is 0 Å². The fraction of sp³-hybridized carbons (Fsp3) is 0.0435. The normalized spacial score (nSPS) is 14.1. The Bertz CT molecular complexity index is 1410. The maximum Gasteiger partial charge on any atom is 0.143 e. The van der Waals surface area contributed by atoms with Gasteiger partial charge in [0.1, 0.15) is 17.5 Å². The molecule has 5 aromatic rings. The Balaban J connectivity index is 1.68. The second-order valence-electron chi connectivity index (χ2n) is 6.71. The molecule has 1 aromatic heterocycles. The van der Waals surface area contributed by atoms with Gasteiger partial charge in [-0.2, -0.15) is 0 Å². The lowest BCUT2D eigenvalue weighted by Gasteiger charge is -2.03. The van der Waals surface area contributed by atoms with E-state index in [1.807, 2.05) is 6.07 Å². The van der Waals surface area contributed by atoms with E-state index in [1.165, 1.54) is 16.2 Å². The molecule has 0 saturated heterocycles. The topological polar surface area (TPSA) is 37.9 Å². The van der Waals surface area contributed by atoms with Gasteiger partial charge < -0.3 is 4.42 Å². The summed E-state index contributed by atoms with van der Waals surface area (Å²) in [5.41, 5.74) is 3.97. The Morgan fingerprint density at radius 1 is 0.731 bits per heavy atom. The summed E-state index contributed by atoms with van der Waals surface area (Å²) in [6.07, 6.45) is 1.63. The Morgan fingerprint density at radius 3 is 2.46 bits per heavy atom. The largest absolute Gasteiger partial charge is 0.455 e. The van der Waals surface area contributed by atoms with Crippen LogP contribution in [0.5, 0.6) is 0 Å². The Kier molecular flexibility index (Phi) is 2.66. The van der Waals surface area contributed by atoms with Gasteiger partial charge in [-0.05, 0) is 58.1 Å². The monoisotopic (exact) mass is 334 g/mol. The summed E-state index contributed by atoms with van der Waals surface area (Å²) in [5.74, 6) is 0. The molecule has 6 rings (SSSR count). The van der Waals surface area contributed by atoms with Gasteiger partial charge in [-0.15, -0.1) is 0 Å². The van der Waals surface area contributed by atoms with Crippen LogP contribution < -0.4 is 0 Å². The molecule has 0 bridgehead atoms. The molecule has 0 N–H and O–H groups in total. The number of nitrogens with zero attached hydrogens (tertiary/aromatic N) is 2. The SMILES string of the molecule is C1=NCC(c2ccc3oc4c5cc6ccccc6cc5ccc4c3c2)=N1. The molecule has 0 atom stereocenters. The van der Waals surface area contributed by atoms with Crippen molar-refractivity contribution in [2.24, 2.45) is 9.98 Å². The highest BCUT2D eigenvalue weighted by atomic mass is 16.3. The van der Waals surface area contributed by atoms with Gasteiger partial charge in [0, 0.05) is 16.2 Å². The first kappa shape index (κ1) is 13.8. The number of rotatable bonds is 1. The summed E-state index contributed by atoms with van der Waals surface area (Å²) in [6.45, 7) is 0.649. The molecule has 0 amide bonds. The standard InChI is InChI=1S/C23H14N2O/c1-2-4-15-10-19-16(9-14(15)3-1)5-7-18-20-11-17(21-12-24-13-25-21)6-8-22(20)26-23(18)19/h1-11,13H,12H2. The van der Waals surface area contributed by atoms with Crippen molar-refractivity contribution in [2.75, 3.05) is 6.54 Å². The predicted molar refractivity (Wildman–Crippen MR) is 109 cm³/mol. The van der Waals surface area contributed by atoms with E-state index in [2.05, 4.69) is 70.6 Å². The number of benzene rings is 4. The quantitative estimate of drug-likeness (QED) is 0.361. The summed E-state index contributed by atoms with van der Waals surface area (Å²) in [4.78, 5) is 8.54. The second kappa shape index (κ2) is 5.02. The van der Waals surface area contributed by atoms with E-state index in [0.29, 0.717) is 6.54 Å². The van der Waals surface area contributed by atoms with E-state index in [4.69, 9.17) is 4.42 Å². The van der Waals surface area contributed by atoms with E-state index >= 15 is 0 Å². The highest BCUT2D eigenvalue weighted by Crippen LogP contribution is 2.36. The molecule has 0 spiro atoms. The number of furan rings is 1. The lowest BCUT2D eigenvalue weighted by atomic mass is 10.0. The van der Waals surface area contributed by atoms with Gasteiger partial charge in [-0.3, -0.25) is 4.99 Å². The minimum absolute atomic E-state index is 0.649. The van der Waals surface area contributed by atoms with E-state index in [0.717, 1.165) is 38.6 Å². The number of aliphatic imine (C=N–C) groups is 2. The lowest BCUT2D eigenvalue weighted by molar-refractivity contribution is 0.672. The Hall–Kier alpha value is -3.46. The van der Waals surface area contributed by atoms with Crippen molar-refractivity contribution in [3.63, 3.8) is 0 Å². The first-order chi connectivity index (χ1) is 12.9. The molecule has 0 radical (unpaired) electrons. The first-order valence-electron chi connectivity index (χ1n) is 8.70. The van der Waals surface area contributed by atoms with E-state index in [9.17, 15) is 0 Å². The van der Waals surface area contributed by atoms with Crippen molar-refractivity contribution in [3.05, 3.63) is 72.3 Å². The van der Waals surface area contributed by atoms with Gasteiger partial charge in [-0.25, -0.2) is 4.99 Å². The first-order valence-corrected chi connectivity index (χ1v) is 8.70. The summed E-state index contributed by atoms with van der Waals surface area (Å²) < 4.78 is 6.26. The van der Waals surface area contributed by atoms with Crippen molar-refractivity contribution in [3.8, 4) is 0 Å². The molecule has 3 heteroatoms. The third-order valence-corrected chi connectivity index (χ3v) is 5.19. The molecule has 122 valence electrons. The zero-order valence-electron chi connectivity index (χ0n) is 13.9. The molecule has 1 aliphatic heterocycles. The van der Waals surface area contributed by atoms with Crippen LogP contribution in [0.1, 0.15) is 5.56 Å². The fourth-order valence-electron chi connectivity index (χ4n) is 3.87. The Morgan fingerprint density at radius 2 is 1.62 bits per heavy atom. The van der Waals surface area contributed by atoms with Gasteiger partial charge in [0.25, 0.3) is 0 Å². The van der Waals surface area contributed by atoms with Gasteiger partial charge in [0.05, 0.1) is 12.3 Å². The van der Waals surface area contributed by atoms with Crippen molar-refractivity contribution in [1.29, 1.82) is 0 Å². The summed E-state index contributed by atoms with van der Waals surface area (Å²) >= 11 is 0. The maximum atomic E-state index is 6.26. The van der Waals surface area contributed by atoms with Crippen LogP contribution in [0.4, 0.5) is 0 Å². The number of hydrogen-bond donors (Lipinski definition) is 0. The highest BCUT2D eigenvalue weighted by Gasteiger charge is 2.13. The average Bonchev–Trinajstić information content (AvgIpc) is 3.34. The van der Waals surface area contributed by atoms with E-state index in [1.54, 1.807) is 6.34 Å². The molecule has 0 aliphatic carbocycles. The van der Waals surface area contributed by atoms with Gasteiger partial charge >= 0.3 is 0 Å². The van der Waals surface area contributed by atoms with Crippen LogP contribution in [0.2, 0.25) is 0 Å². The molecular formula is C23H14N2O. The third kappa shape index (κ3) is 1.88. The van der Waals surface area contributed by atoms with Crippen LogP contribution in [0, 0.1) is 0 Å². The van der Waals surface area contributed by atoms with Crippen LogP contribution in [0.25, 0.3) is 43.5 Å². The Labute approximate surface area is 149 Å². The van der Waals surface area contributed by atoms with Crippen molar-refractivity contribution >= 4 is 55.5 Å². The molecule has 0 saturated carbocycles. The van der Waals surface area contributed by atoms with Gasteiger partial charge in [0.2, 0.25) is 0 Å². The predicted octanol–water partition coefficient (Wildman–Crippen LogP) is 5.72. The summed E-state index contributed by atoms with van der Waals surface area (Å²) in [5, 5.41) is 7.10. The van der Waals surface area contributed by atoms with Crippen molar-refractivity contribution in [2.45, 2.75) is 0 Å². The second-order valence-corrected chi connectivity index (χ2v) is 6.71. The van der Waals surface area contributed by atoms with Crippen molar-refractivity contribution in [1.82, 2.24) is 0 Å². The molecule has 1 aliphatic rings. The van der Waals surface area contributed by atoms with Crippen LogP contribution in [0.3, 0.4) is 0 Å². The zero-order valence-corrected chi connectivity index (χ0v) is 13.9. The lowest BCUT2D eigenvalue weighted by Crippen LogP contribution is -2.00. The van der Waals surface area contributed by atoms with Crippen molar-refractivity contribution < 1.29 is 4.42 Å². The number of hydrogen-bond acceptors (Lipinski definition) is 3. The van der Waals surface area contributed by atoms with Crippen LogP contribution in [-0.2, 0) is 0 Å². The molecule has 0 fully saturated rings. The molecule has 4 aromatic carbocycles. The molecule has 0 unspecified atom stereocenters. The van der Waals surface area contributed by atoms with E-state index < -0.39 is 0 Å². The smallest absolute Gasteiger partial charge is 0.143 e. The molecule has 2 heterocycles. The summed E-state index contributed by atoms with van der Waals surface area (Å²) in [7, 11) is 0. The van der Waals surface area contributed by atoms with Crippen LogP contribution >= 0.6 is 0 Å². The average molecular weight is 334 g/mol. The maximum absolute atomic E-state index is 6.26. The highest BCUT2D eigenvalue weighted by molar-refractivity contribution is 6.19. The summed E-state index contributed by atoms with van der Waals surface area (Å²) in [6, 6.07) is 23.5. The van der Waals surface area contributed by atoms with E-state index in [-0.39, 0.29) is 0 Å².